The van der Waals surface area contributed by atoms with Gasteiger partial charge >= 0.3 is 12.0 Å². The van der Waals surface area contributed by atoms with Crippen LogP contribution >= 0.6 is 0 Å². The van der Waals surface area contributed by atoms with Gasteiger partial charge in [-0.05, 0) is 43.9 Å². The summed E-state index contributed by atoms with van der Waals surface area (Å²) >= 11 is 0. The lowest BCUT2D eigenvalue weighted by molar-refractivity contribution is -0.144. The molecule has 0 spiro atoms. The molecular weight excluding hydrogens is 274 g/mol. The van der Waals surface area contributed by atoms with Crippen molar-refractivity contribution in [2.75, 3.05) is 6.54 Å². The summed E-state index contributed by atoms with van der Waals surface area (Å²) in [6.45, 7) is 0.456. The van der Waals surface area contributed by atoms with E-state index in [1.807, 2.05) is 0 Å². The molecule has 5 N–H and O–H groups in total. The lowest BCUT2D eigenvalue weighted by Crippen LogP contribution is -2.50. The molecule has 3 amide bonds. The third kappa shape index (κ3) is 3.86. The Morgan fingerprint density at radius 1 is 1.14 bits per heavy atom. The minimum atomic E-state index is -0.811. The highest BCUT2D eigenvalue weighted by atomic mass is 16.4. The fourth-order valence-corrected chi connectivity index (χ4v) is 3.68. The lowest BCUT2D eigenvalue weighted by Gasteiger charge is -2.28. The first-order valence-corrected chi connectivity index (χ1v) is 7.54. The van der Waals surface area contributed by atoms with Crippen LogP contribution in [0, 0.1) is 17.8 Å². The number of hydrogen-bond acceptors (Lipinski definition) is 3. The number of carboxylic acid groups (broad SMARTS) is 1. The molecule has 4 atom stereocenters. The second-order valence-electron chi connectivity index (χ2n) is 6.05. The first-order chi connectivity index (χ1) is 9.99. The molecule has 7 heteroatoms. The van der Waals surface area contributed by atoms with Gasteiger partial charge in [0, 0.05) is 19.0 Å². The highest BCUT2D eigenvalue weighted by Gasteiger charge is 2.51. The van der Waals surface area contributed by atoms with Gasteiger partial charge in [0.15, 0.2) is 0 Å². The third-order valence-corrected chi connectivity index (χ3v) is 4.63. The largest absolute Gasteiger partial charge is 0.481 e. The number of carboxylic acids is 1. The summed E-state index contributed by atoms with van der Waals surface area (Å²) in [7, 11) is 0. The van der Waals surface area contributed by atoms with Gasteiger partial charge in [0.25, 0.3) is 0 Å². The number of aliphatic carboxylic acids is 1. The second kappa shape index (κ2) is 6.78. The quantitative estimate of drug-likeness (QED) is 0.509. The van der Waals surface area contributed by atoms with E-state index in [2.05, 4.69) is 10.6 Å². The molecule has 2 saturated carbocycles. The van der Waals surface area contributed by atoms with Gasteiger partial charge in [-0.1, -0.05) is 0 Å². The molecule has 2 rings (SSSR count). The lowest BCUT2D eigenvalue weighted by atomic mass is 9.84. The van der Waals surface area contributed by atoms with Gasteiger partial charge in [-0.3, -0.25) is 9.59 Å². The van der Waals surface area contributed by atoms with Crippen molar-refractivity contribution in [1.82, 2.24) is 10.6 Å². The summed E-state index contributed by atoms with van der Waals surface area (Å²) in [4.78, 5) is 33.7. The van der Waals surface area contributed by atoms with Gasteiger partial charge in [0.05, 0.1) is 5.92 Å². The van der Waals surface area contributed by atoms with Crippen molar-refractivity contribution in [3.05, 3.63) is 0 Å². The molecule has 0 aromatic carbocycles. The number of carbonyl (C=O) groups is 3. The van der Waals surface area contributed by atoms with Crippen molar-refractivity contribution in [3.63, 3.8) is 0 Å². The molecule has 2 bridgehead atoms. The van der Waals surface area contributed by atoms with Crippen molar-refractivity contribution < 1.29 is 19.5 Å². The van der Waals surface area contributed by atoms with E-state index in [1.165, 1.54) is 0 Å². The topological polar surface area (TPSA) is 122 Å². The van der Waals surface area contributed by atoms with Crippen molar-refractivity contribution >= 4 is 17.9 Å². The van der Waals surface area contributed by atoms with Crippen LogP contribution in [0.15, 0.2) is 0 Å². The predicted octanol–water partition coefficient (Wildman–Crippen LogP) is 0.440. The summed E-state index contributed by atoms with van der Waals surface area (Å²) in [6.07, 6.45) is 4.49. The van der Waals surface area contributed by atoms with E-state index in [1.54, 1.807) is 0 Å². The molecule has 0 aromatic heterocycles. The van der Waals surface area contributed by atoms with Gasteiger partial charge < -0.3 is 21.5 Å². The van der Waals surface area contributed by atoms with Gasteiger partial charge in [-0.15, -0.1) is 0 Å². The SMILES string of the molecule is NC(=O)CCCCNC(=O)NC1C2CCC(C2)C1C(=O)O. The summed E-state index contributed by atoms with van der Waals surface area (Å²) in [6, 6.07) is -0.579. The maximum absolute atomic E-state index is 11.8. The predicted molar refractivity (Wildman–Crippen MR) is 75.3 cm³/mol. The Labute approximate surface area is 123 Å². The molecule has 0 radical (unpaired) electrons. The first kappa shape index (κ1) is 15.6. The molecule has 21 heavy (non-hydrogen) atoms. The second-order valence-corrected chi connectivity index (χ2v) is 6.05. The molecule has 118 valence electrons. The zero-order chi connectivity index (χ0) is 15.4. The van der Waals surface area contributed by atoms with Crippen molar-refractivity contribution in [2.24, 2.45) is 23.5 Å². The normalized spacial score (nSPS) is 30.1. The number of urea groups is 1. The minimum absolute atomic E-state index is 0.202. The Hall–Kier alpha value is -1.79. The molecule has 7 nitrogen and oxygen atoms in total. The van der Waals surface area contributed by atoms with E-state index in [0.29, 0.717) is 25.8 Å². The summed E-state index contributed by atoms with van der Waals surface area (Å²) in [5.74, 6) is -1.12. The number of carbonyl (C=O) groups excluding carboxylic acids is 2. The van der Waals surface area contributed by atoms with E-state index in [0.717, 1.165) is 19.3 Å². The van der Waals surface area contributed by atoms with Crippen LogP contribution in [0.1, 0.15) is 38.5 Å². The fourth-order valence-electron chi connectivity index (χ4n) is 3.68. The third-order valence-electron chi connectivity index (χ3n) is 4.63. The zero-order valence-electron chi connectivity index (χ0n) is 12.0. The van der Waals surface area contributed by atoms with Gasteiger partial charge in [0.1, 0.15) is 0 Å². The maximum atomic E-state index is 11.8. The Bertz CT molecular complexity index is 426. The van der Waals surface area contributed by atoms with E-state index in [-0.39, 0.29) is 29.8 Å². The zero-order valence-corrected chi connectivity index (χ0v) is 12.0. The van der Waals surface area contributed by atoms with Gasteiger partial charge in [-0.25, -0.2) is 4.79 Å². The van der Waals surface area contributed by atoms with E-state index < -0.39 is 11.9 Å². The van der Waals surface area contributed by atoms with Crippen LogP contribution in [-0.4, -0.2) is 35.6 Å². The van der Waals surface area contributed by atoms with Gasteiger partial charge in [0.2, 0.25) is 5.91 Å². The molecule has 2 aliphatic rings. The standard InChI is InChI=1S/C14H23N3O4/c15-10(18)3-1-2-6-16-14(21)17-12-9-5-4-8(7-9)11(12)13(19)20/h8-9,11-12H,1-7H2,(H2,15,18)(H,19,20)(H2,16,17,21). The minimum Gasteiger partial charge on any atom is -0.481 e. The Kier molecular flexibility index (Phi) is 5.03. The van der Waals surface area contributed by atoms with Crippen LogP contribution in [-0.2, 0) is 9.59 Å². The number of nitrogens with two attached hydrogens (primary N) is 1. The van der Waals surface area contributed by atoms with E-state index >= 15 is 0 Å². The van der Waals surface area contributed by atoms with Gasteiger partial charge in [-0.2, -0.15) is 0 Å². The van der Waals surface area contributed by atoms with Crippen LogP contribution in [0.5, 0.6) is 0 Å². The number of rotatable bonds is 7. The Morgan fingerprint density at radius 2 is 1.86 bits per heavy atom. The van der Waals surface area contributed by atoms with Crippen LogP contribution in [0.2, 0.25) is 0 Å². The van der Waals surface area contributed by atoms with Crippen LogP contribution in [0.4, 0.5) is 4.79 Å². The summed E-state index contributed by atoms with van der Waals surface area (Å²) in [5.41, 5.74) is 5.03. The van der Waals surface area contributed by atoms with Crippen molar-refractivity contribution in [3.8, 4) is 0 Å². The number of primary amides is 1. The number of nitrogens with one attached hydrogen (secondary N) is 2. The molecular formula is C14H23N3O4. The van der Waals surface area contributed by atoms with E-state index in [9.17, 15) is 19.5 Å². The average Bonchev–Trinajstić information content (AvgIpc) is 2.98. The molecule has 2 fully saturated rings. The van der Waals surface area contributed by atoms with Crippen LogP contribution < -0.4 is 16.4 Å². The van der Waals surface area contributed by atoms with Crippen LogP contribution in [0.3, 0.4) is 0 Å². The molecule has 0 heterocycles. The molecule has 2 aliphatic carbocycles. The molecule has 0 aromatic rings. The number of fused-ring (bicyclic) bond motifs is 2. The molecule has 4 unspecified atom stereocenters. The number of hydrogen-bond donors (Lipinski definition) is 4. The first-order valence-electron chi connectivity index (χ1n) is 7.54. The molecule has 0 aliphatic heterocycles. The maximum Gasteiger partial charge on any atom is 0.315 e. The highest BCUT2D eigenvalue weighted by Crippen LogP contribution is 2.48. The number of unbranched alkanes of at least 4 members (excludes halogenated alkanes) is 1. The van der Waals surface area contributed by atoms with Crippen LogP contribution in [0.25, 0.3) is 0 Å². The molecule has 0 saturated heterocycles. The Balaban J connectivity index is 1.72. The van der Waals surface area contributed by atoms with E-state index in [4.69, 9.17) is 5.73 Å². The Morgan fingerprint density at radius 3 is 2.52 bits per heavy atom. The average molecular weight is 297 g/mol. The smallest absolute Gasteiger partial charge is 0.315 e. The van der Waals surface area contributed by atoms with Crippen molar-refractivity contribution in [1.29, 1.82) is 0 Å². The number of amides is 3. The highest BCUT2D eigenvalue weighted by molar-refractivity contribution is 5.77. The monoisotopic (exact) mass is 297 g/mol. The summed E-state index contributed by atoms with van der Waals surface area (Å²) < 4.78 is 0. The van der Waals surface area contributed by atoms with Crippen molar-refractivity contribution in [2.45, 2.75) is 44.6 Å². The summed E-state index contributed by atoms with van der Waals surface area (Å²) in [5, 5.41) is 14.8. The fraction of sp³-hybridized carbons (Fsp3) is 0.786.